The van der Waals surface area contributed by atoms with Crippen LogP contribution in [0.25, 0.3) is 0 Å². The molecular formula is C24H21N5O. The molecule has 6 nitrogen and oxygen atoms in total. The van der Waals surface area contributed by atoms with E-state index in [1.165, 1.54) is 24.6 Å². The van der Waals surface area contributed by atoms with Crippen LogP contribution in [0.5, 0.6) is 0 Å². The van der Waals surface area contributed by atoms with Crippen LogP contribution in [0.2, 0.25) is 0 Å². The molecule has 0 bridgehead atoms. The highest BCUT2D eigenvalue weighted by Crippen LogP contribution is 2.40. The molecule has 0 saturated heterocycles. The van der Waals surface area contributed by atoms with Crippen molar-refractivity contribution in [1.29, 1.82) is 10.7 Å². The first-order valence-corrected chi connectivity index (χ1v) is 9.73. The first kappa shape index (κ1) is 19.3. The number of hydrogen-bond acceptors (Lipinski definition) is 5. The lowest BCUT2D eigenvalue weighted by atomic mass is 9.97. The van der Waals surface area contributed by atoms with Crippen molar-refractivity contribution < 1.29 is 4.79 Å². The van der Waals surface area contributed by atoms with Crippen LogP contribution in [0.3, 0.4) is 0 Å². The SMILES string of the molecule is Cc1cc(C#N)cnc1C(=O)Nc1ccc(N)c(C(=N)c2cccc(C3CC3)c2)c1. The Bertz CT molecular complexity index is 1200. The monoisotopic (exact) mass is 395 g/mol. The Morgan fingerprint density at radius 3 is 2.73 bits per heavy atom. The number of nitrogens with one attached hydrogen (secondary N) is 2. The van der Waals surface area contributed by atoms with E-state index < -0.39 is 0 Å². The molecule has 1 amide bonds. The predicted molar refractivity (Wildman–Crippen MR) is 117 cm³/mol. The number of pyridine rings is 1. The number of nitrogens with two attached hydrogens (primary N) is 1. The molecule has 1 saturated carbocycles. The van der Waals surface area contributed by atoms with Gasteiger partial charge in [-0.2, -0.15) is 5.26 Å². The molecule has 3 aromatic rings. The summed E-state index contributed by atoms with van der Waals surface area (Å²) < 4.78 is 0. The zero-order chi connectivity index (χ0) is 21.3. The summed E-state index contributed by atoms with van der Waals surface area (Å²) in [4.78, 5) is 16.8. The zero-order valence-corrected chi connectivity index (χ0v) is 16.6. The van der Waals surface area contributed by atoms with Crippen molar-refractivity contribution >= 4 is 23.0 Å². The lowest BCUT2D eigenvalue weighted by Gasteiger charge is -2.13. The lowest BCUT2D eigenvalue weighted by molar-refractivity contribution is 0.102. The number of aryl methyl sites for hydroxylation is 1. The number of nitrogen functional groups attached to an aromatic ring is 1. The maximum absolute atomic E-state index is 12.7. The number of carbonyl (C=O) groups is 1. The van der Waals surface area contributed by atoms with Gasteiger partial charge in [-0.3, -0.25) is 10.2 Å². The molecule has 1 aliphatic rings. The fourth-order valence-electron chi connectivity index (χ4n) is 3.43. The van der Waals surface area contributed by atoms with Crippen molar-refractivity contribution in [2.45, 2.75) is 25.7 Å². The summed E-state index contributed by atoms with van der Waals surface area (Å²) in [6.07, 6.45) is 3.77. The smallest absolute Gasteiger partial charge is 0.274 e. The van der Waals surface area contributed by atoms with Crippen molar-refractivity contribution in [2.75, 3.05) is 11.1 Å². The molecule has 4 rings (SSSR count). The van der Waals surface area contributed by atoms with Gasteiger partial charge in [-0.1, -0.05) is 18.2 Å². The predicted octanol–water partition coefficient (Wildman–Crippen LogP) is 4.39. The minimum atomic E-state index is -0.380. The number of nitrogens with zero attached hydrogens (tertiary/aromatic N) is 2. The topological polar surface area (TPSA) is 116 Å². The largest absolute Gasteiger partial charge is 0.398 e. The van der Waals surface area contributed by atoms with Crippen molar-refractivity contribution in [3.8, 4) is 6.07 Å². The average molecular weight is 395 g/mol. The van der Waals surface area contributed by atoms with Gasteiger partial charge >= 0.3 is 0 Å². The molecule has 2 aromatic carbocycles. The molecule has 1 fully saturated rings. The molecule has 1 aromatic heterocycles. The summed E-state index contributed by atoms with van der Waals surface area (Å²) in [6.45, 7) is 1.74. The molecule has 0 unspecified atom stereocenters. The number of carbonyl (C=O) groups excluding carboxylic acids is 1. The Morgan fingerprint density at radius 1 is 1.23 bits per heavy atom. The fourth-order valence-corrected chi connectivity index (χ4v) is 3.43. The van der Waals surface area contributed by atoms with Crippen LogP contribution in [0.15, 0.2) is 54.7 Å². The highest BCUT2D eigenvalue weighted by Gasteiger charge is 2.24. The third kappa shape index (κ3) is 3.91. The molecular weight excluding hydrogens is 374 g/mol. The van der Waals surface area contributed by atoms with Gasteiger partial charge in [0.2, 0.25) is 0 Å². The van der Waals surface area contributed by atoms with Gasteiger partial charge in [0.25, 0.3) is 5.91 Å². The van der Waals surface area contributed by atoms with Gasteiger partial charge in [-0.25, -0.2) is 4.98 Å². The second-order valence-electron chi connectivity index (χ2n) is 7.53. The molecule has 30 heavy (non-hydrogen) atoms. The lowest BCUT2D eigenvalue weighted by Crippen LogP contribution is -2.16. The van der Waals surface area contributed by atoms with E-state index in [-0.39, 0.29) is 11.6 Å². The Labute approximate surface area is 174 Å². The minimum absolute atomic E-state index is 0.250. The molecule has 1 aliphatic carbocycles. The van der Waals surface area contributed by atoms with Crippen LogP contribution in [-0.4, -0.2) is 16.6 Å². The maximum atomic E-state index is 12.7. The molecule has 4 N–H and O–H groups in total. The standard InChI is InChI=1S/C24H21N5O/c1-14-9-15(12-25)13-28-23(14)24(30)29-19-7-8-21(26)20(11-19)22(27)18-4-2-3-17(10-18)16-5-6-16/h2-4,7-11,13,16,27H,5-6,26H2,1H3,(H,29,30). The van der Waals surface area contributed by atoms with Gasteiger partial charge < -0.3 is 11.1 Å². The molecule has 6 heteroatoms. The Balaban J connectivity index is 1.59. The van der Waals surface area contributed by atoms with Crippen molar-refractivity contribution in [2.24, 2.45) is 0 Å². The van der Waals surface area contributed by atoms with Gasteiger partial charge in [0, 0.05) is 28.7 Å². The van der Waals surface area contributed by atoms with Crippen LogP contribution < -0.4 is 11.1 Å². The summed E-state index contributed by atoms with van der Waals surface area (Å²) in [7, 11) is 0. The van der Waals surface area contributed by atoms with Gasteiger partial charge in [0.15, 0.2) is 0 Å². The molecule has 0 aliphatic heterocycles. The van der Waals surface area contributed by atoms with Crippen LogP contribution in [0, 0.1) is 23.7 Å². The number of hydrogen-bond donors (Lipinski definition) is 3. The van der Waals surface area contributed by atoms with E-state index in [1.54, 1.807) is 31.2 Å². The number of rotatable bonds is 5. The maximum Gasteiger partial charge on any atom is 0.274 e. The van der Waals surface area contributed by atoms with Crippen molar-refractivity contribution in [1.82, 2.24) is 4.98 Å². The molecule has 0 spiro atoms. The zero-order valence-electron chi connectivity index (χ0n) is 16.6. The summed E-state index contributed by atoms with van der Waals surface area (Å²) in [5, 5.41) is 20.4. The summed E-state index contributed by atoms with van der Waals surface area (Å²) in [5.74, 6) is 0.221. The van der Waals surface area contributed by atoms with E-state index >= 15 is 0 Å². The average Bonchev–Trinajstić information content (AvgIpc) is 3.60. The normalized spacial score (nSPS) is 12.8. The second-order valence-corrected chi connectivity index (χ2v) is 7.53. The van der Waals surface area contributed by atoms with Gasteiger partial charge in [-0.05, 0) is 67.1 Å². The second kappa shape index (κ2) is 7.80. The van der Waals surface area contributed by atoms with Crippen molar-refractivity contribution in [3.63, 3.8) is 0 Å². The van der Waals surface area contributed by atoms with E-state index in [9.17, 15) is 4.79 Å². The third-order valence-electron chi connectivity index (χ3n) is 5.23. The summed E-state index contributed by atoms with van der Waals surface area (Å²) in [5.41, 5.74) is 11.3. The van der Waals surface area contributed by atoms with Gasteiger partial charge in [0.05, 0.1) is 11.3 Å². The van der Waals surface area contributed by atoms with Crippen molar-refractivity contribution in [3.05, 3.63) is 88.2 Å². The number of amides is 1. The summed E-state index contributed by atoms with van der Waals surface area (Å²) in [6, 6.07) is 16.7. The first-order chi connectivity index (χ1) is 14.5. The highest BCUT2D eigenvalue weighted by molar-refractivity contribution is 6.15. The Kier molecular flexibility index (Phi) is 5.03. The van der Waals surface area contributed by atoms with E-state index in [0.29, 0.717) is 39.7 Å². The van der Waals surface area contributed by atoms with E-state index in [2.05, 4.69) is 22.4 Å². The minimum Gasteiger partial charge on any atom is -0.398 e. The molecule has 0 atom stereocenters. The Hall–Kier alpha value is -3.98. The van der Waals surface area contributed by atoms with E-state index in [4.69, 9.17) is 16.4 Å². The molecule has 148 valence electrons. The Morgan fingerprint density at radius 2 is 2.03 bits per heavy atom. The van der Waals surface area contributed by atoms with Crippen LogP contribution in [0.1, 0.15) is 57.1 Å². The number of benzene rings is 2. The van der Waals surface area contributed by atoms with Crippen LogP contribution >= 0.6 is 0 Å². The quantitative estimate of drug-likeness (QED) is 0.439. The van der Waals surface area contributed by atoms with Crippen LogP contribution in [0.4, 0.5) is 11.4 Å². The number of nitriles is 1. The van der Waals surface area contributed by atoms with E-state index in [1.807, 2.05) is 18.2 Å². The summed E-state index contributed by atoms with van der Waals surface area (Å²) >= 11 is 0. The van der Waals surface area contributed by atoms with Gasteiger partial charge in [0.1, 0.15) is 11.8 Å². The van der Waals surface area contributed by atoms with Crippen LogP contribution in [-0.2, 0) is 0 Å². The highest BCUT2D eigenvalue weighted by atomic mass is 16.1. The third-order valence-corrected chi connectivity index (χ3v) is 5.23. The number of anilines is 2. The molecule has 0 radical (unpaired) electrons. The van der Waals surface area contributed by atoms with Gasteiger partial charge in [-0.15, -0.1) is 0 Å². The number of aromatic nitrogens is 1. The first-order valence-electron chi connectivity index (χ1n) is 9.73. The molecule has 1 heterocycles. The fraction of sp³-hybridized carbons (Fsp3) is 0.167. The van der Waals surface area contributed by atoms with E-state index in [0.717, 1.165) is 5.56 Å².